The summed E-state index contributed by atoms with van der Waals surface area (Å²) in [6.07, 6.45) is 6.34. The van der Waals surface area contributed by atoms with Crippen molar-refractivity contribution in [3.8, 4) is 11.5 Å². The van der Waals surface area contributed by atoms with E-state index in [-0.39, 0.29) is 5.91 Å². The van der Waals surface area contributed by atoms with Gasteiger partial charge in [-0.25, -0.2) is 0 Å². The van der Waals surface area contributed by atoms with E-state index in [0.29, 0.717) is 31.0 Å². The third kappa shape index (κ3) is 3.26. The van der Waals surface area contributed by atoms with Crippen LogP contribution in [0.4, 0.5) is 0 Å². The number of fused-ring (bicyclic) bond motifs is 1. The molecule has 0 aromatic heterocycles. The highest BCUT2D eigenvalue weighted by molar-refractivity contribution is 5.79. The molecule has 2 aliphatic rings. The van der Waals surface area contributed by atoms with Crippen molar-refractivity contribution in [2.75, 3.05) is 20.8 Å². The van der Waals surface area contributed by atoms with Crippen LogP contribution >= 0.6 is 0 Å². The van der Waals surface area contributed by atoms with Crippen LogP contribution in [0.3, 0.4) is 0 Å². The van der Waals surface area contributed by atoms with Crippen molar-refractivity contribution in [2.24, 2.45) is 0 Å². The minimum absolute atomic E-state index is 0.0673. The van der Waals surface area contributed by atoms with Crippen LogP contribution < -0.4 is 9.47 Å². The molecule has 0 radical (unpaired) electrons. The third-order valence-corrected chi connectivity index (χ3v) is 4.91. The number of allylic oxidation sites excluding steroid dienone is 1. The lowest BCUT2D eigenvalue weighted by Gasteiger charge is -2.34. The van der Waals surface area contributed by atoms with Gasteiger partial charge < -0.3 is 19.5 Å². The van der Waals surface area contributed by atoms with E-state index < -0.39 is 6.10 Å². The number of carbonyl (C=O) groups is 1. The molecule has 0 unspecified atom stereocenters. The second-order valence-electron chi connectivity index (χ2n) is 6.44. The third-order valence-electron chi connectivity index (χ3n) is 4.91. The lowest BCUT2D eigenvalue weighted by atomic mass is 9.93. The van der Waals surface area contributed by atoms with Crippen LogP contribution in [0.15, 0.2) is 23.8 Å². The quantitative estimate of drug-likeness (QED) is 0.862. The monoisotopic (exact) mass is 331 g/mol. The maximum atomic E-state index is 12.7. The van der Waals surface area contributed by atoms with Crippen molar-refractivity contribution in [3.63, 3.8) is 0 Å². The Morgan fingerprint density at radius 3 is 2.67 bits per heavy atom. The van der Waals surface area contributed by atoms with E-state index in [1.54, 1.807) is 25.2 Å². The van der Waals surface area contributed by atoms with Crippen LogP contribution in [0.25, 0.3) is 0 Å². The Hall–Kier alpha value is -2.01. The van der Waals surface area contributed by atoms with Crippen molar-refractivity contribution in [1.29, 1.82) is 0 Å². The first kappa shape index (κ1) is 16.8. The van der Waals surface area contributed by atoms with Gasteiger partial charge >= 0.3 is 0 Å². The lowest BCUT2D eigenvalue weighted by Crippen LogP contribution is -2.38. The Morgan fingerprint density at radius 1 is 1.25 bits per heavy atom. The average Bonchev–Trinajstić information content (AvgIpc) is 2.61. The number of rotatable bonds is 4. The number of nitrogens with zero attached hydrogens (tertiary/aromatic N) is 1. The summed E-state index contributed by atoms with van der Waals surface area (Å²) in [5.41, 5.74) is 2.79. The fourth-order valence-corrected chi connectivity index (χ4v) is 3.64. The molecule has 1 N–H and O–H groups in total. The van der Waals surface area contributed by atoms with Crippen molar-refractivity contribution in [2.45, 2.75) is 44.8 Å². The molecule has 0 saturated heterocycles. The zero-order chi connectivity index (χ0) is 17.1. The fourth-order valence-electron chi connectivity index (χ4n) is 3.64. The largest absolute Gasteiger partial charge is 0.496 e. The summed E-state index contributed by atoms with van der Waals surface area (Å²) >= 11 is 0. The molecule has 1 aromatic carbocycles. The first-order valence-corrected chi connectivity index (χ1v) is 8.51. The average molecular weight is 331 g/mol. The standard InChI is InChI=1S/C19H25NO4/c1-23-16-8-9-17(24-2)19-14(16)11-20(12-15(19)21)18(22)10-13-6-4-3-5-7-13/h6,8-9,15,21H,3-5,7,10-12H2,1-2H3/t15-/m1/s1. The van der Waals surface area contributed by atoms with E-state index in [1.807, 2.05) is 6.07 Å². The number of hydrogen-bond donors (Lipinski definition) is 1. The number of carbonyl (C=O) groups excluding carboxylic acids is 1. The Kier molecular flexibility index (Phi) is 5.09. The summed E-state index contributed by atoms with van der Waals surface area (Å²) < 4.78 is 10.8. The van der Waals surface area contributed by atoms with E-state index in [9.17, 15) is 9.90 Å². The maximum Gasteiger partial charge on any atom is 0.227 e. The molecule has 1 aliphatic carbocycles. The number of aliphatic hydroxyl groups is 1. The molecule has 1 aromatic rings. The molecular weight excluding hydrogens is 306 g/mol. The molecule has 0 bridgehead atoms. The van der Waals surface area contributed by atoms with Gasteiger partial charge in [-0.15, -0.1) is 0 Å². The van der Waals surface area contributed by atoms with E-state index in [0.717, 1.165) is 30.4 Å². The van der Waals surface area contributed by atoms with Crippen molar-refractivity contribution >= 4 is 5.91 Å². The molecule has 1 aliphatic heterocycles. The highest BCUT2D eigenvalue weighted by Crippen LogP contribution is 2.39. The minimum atomic E-state index is -0.761. The molecule has 5 heteroatoms. The molecule has 0 spiro atoms. The highest BCUT2D eigenvalue weighted by atomic mass is 16.5. The zero-order valence-corrected chi connectivity index (χ0v) is 14.4. The summed E-state index contributed by atoms with van der Waals surface area (Å²) in [6, 6.07) is 3.62. The van der Waals surface area contributed by atoms with Crippen LogP contribution in [0, 0.1) is 0 Å². The number of amides is 1. The number of hydrogen-bond acceptors (Lipinski definition) is 4. The molecule has 1 amide bonds. The summed E-state index contributed by atoms with van der Waals surface area (Å²) in [5, 5.41) is 10.6. The Balaban J connectivity index is 1.83. The number of methoxy groups -OCH3 is 2. The fraction of sp³-hybridized carbons (Fsp3) is 0.526. The molecule has 0 saturated carbocycles. The van der Waals surface area contributed by atoms with Gasteiger partial charge in [0.25, 0.3) is 0 Å². The van der Waals surface area contributed by atoms with Gasteiger partial charge in [-0.1, -0.05) is 11.6 Å². The highest BCUT2D eigenvalue weighted by Gasteiger charge is 2.32. The predicted molar refractivity (Wildman–Crippen MR) is 91.1 cm³/mol. The number of aliphatic hydroxyl groups excluding tert-OH is 1. The topological polar surface area (TPSA) is 59.0 Å². The van der Waals surface area contributed by atoms with Crippen molar-refractivity contribution < 1.29 is 19.4 Å². The molecular formula is C19H25NO4. The Bertz CT molecular complexity index is 653. The Labute approximate surface area is 142 Å². The van der Waals surface area contributed by atoms with Gasteiger partial charge in [-0.3, -0.25) is 4.79 Å². The predicted octanol–water partition coefficient (Wildman–Crippen LogP) is 2.97. The van der Waals surface area contributed by atoms with Crippen LogP contribution in [-0.2, 0) is 11.3 Å². The first-order valence-electron chi connectivity index (χ1n) is 8.51. The summed E-state index contributed by atoms with van der Waals surface area (Å²) in [6.45, 7) is 0.738. The second kappa shape index (κ2) is 7.26. The molecule has 0 fully saturated rings. The molecule has 3 rings (SSSR count). The molecule has 24 heavy (non-hydrogen) atoms. The zero-order valence-electron chi connectivity index (χ0n) is 14.4. The lowest BCUT2D eigenvalue weighted by molar-refractivity contribution is -0.133. The number of benzene rings is 1. The molecule has 5 nitrogen and oxygen atoms in total. The Morgan fingerprint density at radius 2 is 2.00 bits per heavy atom. The first-order chi connectivity index (χ1) is 11.6. The van der Waals surface area contributed by atoms with Gasteiger partial charge in [-0.05, 0) is 37.8 Å². The smallest absolute Gasteiger partial charge is 0.227 e. The van der Waals surface area contributed by atoms with Crippen LogP contribution in [-0.4, -0.2) is 36.7 Å². The normalized spacial score (nSPS) is 20.2. The summed E-state index contributed by atoms with van der Waals surface area (Å²) in [5.74, 6) is 1.39. The summed E-state index contributed by atoms with van der Waals surface area (Å²) in [7, 11) is 3.18. The van der Waals surface area contributed by atoms with Crippen LogP contribution in [0.5, 0.6) is 11.5 Å². The SMILES string of the molecule is COc1ccc(OC)c2c1CN(C(=O)CC1=CCCCC1)C[C@H]2O. The van der Waals surface area contributed by atoms with Crippen molar-refractivity contribution in [3.05, 3.63) is 34.9 Å². The maximum absolute atomic E-state index is 12.7. The van der Waals surface area contributed by atoms with Gasteiger partial charge in [-0.2, -0.15) is 0 Å². The summed E-state index contributed by atoms with van der Waals surface area (Å²) in [4.78, 5) is 14.4. The van der Waals surface area contributed by atoms with E-state index in [2.05, 4.69) is 6.08 Å². The van der Waals surface area contributed by atoms with Gasteiger partial charge in [0.2, 0.25) is 5.91 Å². The molecule has 1 heterocycles. The van der Waals surface area contributed by atoms with Gasteiger partial charge in [0.05, 0.1) is 20.8 Å². The molecule has 1 atom stereocenters. The number of ether oxygens (including phenoxy) is 2. The molecule has 130 valence electrons. The van der Waals surface area contributed by atoms with Gasteiger partial charge in [0, 0.05) is 24.1 Å². The van der Waals surface area contributed by atoms with E-state index in [1.165, 1.54) is 12.0 Å². The van der Waals surface area contributed by atoms with E-state index >= 15 is 0 Å². The van der Waals surface area contributed by atoms with E-state index in [4.69, 9.17) is 9.47 Å². The second-order valence-corrected chi connectivity index (χ2v) is 6.44. The van der Waals surface area contributed by atoms with Gasteiger partial charge in [0.15, 0.2) is 0 Å². The van der Waals surface area contributed by atoms with Crippen molar-refractivity contribution in [1.82, 2.24) is 4.90 Å². The van der Waals surface area contributed by atoms with Crippen LogP contribution in [0.1, 0.15) is 49.3 Å². The van der Waals surface area contributed by atoms with Gasteiger partial charge in [0.1, 0.15) is 17.6 Å². The minimum Gasteiger partial charge on any atom is -0.496 e. The number of β-amino-alcohol motifs (C(OH)–C–C–N with tert-alkyl or cyclic N) is 1. The van der Waals surface area contributed by atoms with Crippen LogP contribution in [0.2, 0.25) is 0 Å².